The van der Waals surface area contributed by atoms with Crippen LogP contribution < -0.4 is 5.32 Å². The van der Waals surface area contributed by atoms with E-state index in [0.29, 0.717) is 23.8 Å². The lowest BCUT2D eigenvalue weighted by atomic mass is 9.98. The number of hydrogen-bond acceptors (Lipinski definition) is 2. The molecule has 1 aliphatic heterocycles. The van der Waals surface area contributed by atoms with Crippen LogP contribution in [0.2, 0.25) is 0 Å². The fourth-order valence-corrected chi connectivity index (χ4v) is 3.03. The molecule has 3 nitrogen and oxygen atoms in total. The molecule has 1 heterocycles. The molecule has 0 aromatic rings. The molecule has 0 radical (unpaired) electrons. The molecule has 0 aliphatic carbocycles. The number of amides is 1. The second-order valence-electron chi connectivity index (χ2n) is 6.54. The first-order valence-electron chi connectivity index (χ1n) is 8.00. The van der Waals surface area contributed by atoms with Crippen LogP contribution in [0.4, 0.5) is 0 Å². The van der Waals surface area contributed by atoms with Crippen molar-refractivity contribution in [1.82, 2.24) is 10.2 Å². The van der Waals surface area contributed by atoms with Crippen molar-refractivity contribution in [3.05, 3.63) is 0 Å². The van der Waals surface area contributed by atoms with Crippen LogP contribution >= 0.6 is 0 Å². The highest BCUT2D eigenvalue weighted by Gasteiger charge is 2.41. The number of carbonyl (C=O) groups is 1. The summed E-state index contributed by atoms with van der Waals surface area (Å²) in [5, 5.41) is 3.54. The van der Waals surface area contributed by atoms with E-state index >= 15 is 0 Å². The van der Waals surface area contributed by atoms with Gasteiger partial charge in [0.05, 0.1) is 12.2 Å². The summed E-state index contributed by atoms with van der Waals surface area (Å²) < 4.78 is 0. The lowest BCUT2D eigenvalue weighted by Crippen LogP contribution is -2.43. The molecule has 1 N–H and O–H groups in total. The fraction of sp³-hybridized carbons (Fsp3) is 0.938. The van der Waals surface area contributed by atoms with Gasteiger partial charge in [-0.2, -0.15) is 0 Å². The quantitative estimate of drug-likeness (QED) is 0.767. The maximum atomic E-state index is 12.6. The molecule has 0 bridgehead atoms. The topological polar surface area (TPSA) is 32.3 Å². The minimum Gasteiger partial charge on any atom is -0.323 e. The first-order chi connectivity index (χ1) is 8.92. The highest BCUT2D eigenvalue weighted by Crippen LogP contribution is 2.25. The van der Waals surface area contributed by atoms with Gasteiger partial charge in [0.2, 0.25) is 5.91 Å². The van der Waals surface area contributed by atoms with Crippen LogP contribution in [-0.2, 0) is 4.79 Å². The molecule has 3 heteroatoms. The van der Waals surface area contributed by atoms with Gasteiger partial charge in [0.1, 0.15) is 0 Å². The van der Waals surface area contributed by atoms with Crippen molar-refractivity contribution in [2.24, 2.45) is 11.8 Å². The van der Waals surface area contributed by atoms with E-state index in [-0.39, 0.29) is 12.2 Å². The van der Waals surface area contributed by atoms with E-state index < -0.39 is 0 Å². The molecule has 1 fully saturated rings. The van der Waals surface area contributed by atoms with E-state index in [1.54, 1.807) is 0 Å². The molecule has 4 unspecified atom stereocenters. The number of nitrogens with one attached hydrogen (secondary N) is 1. The molecule has 1 rings (SSSR count). The molecule has 0 saturated carbocycles. The average Bonchev–Trinajstić information content (AvgIpc) is 2.66. The summed E-state index contributed by atoms with van der Waals surface area (Å²) in [6, 6.07) is 0.353. The third-order valence-corrected chi connectivity index (χ3v) is 4.37. The first-order valence-corrected chi connectivity index (χ1v) is 8.00. The van der Waals surface area contributed by atoms with Crippen LogP contribution in [0.3, 0.4) is 0 Å². The molecule has 112 valence electrons. The lowest BCUT2D eigenvalue weighted by molar-refractivity contribution is -0.133. The Labute approximate surface area is 119 Å². The van der Waals surface area contributed by atoms with Crippen molar-refractivity contribution in [3.63, 3.8) is 0 Å². The smallest absolute Gasteiger partial charge is 0.241 e. The number of hydrogen-bond donors (Lipinski definition) is 1. The monoisotopic (exact) mass is 268 g/mol. The van der Waals surface area contributed by atoms with Crippen molar-refractivity contribution >= 4 is 5.91 Å². The van der Waals surface area contributed by atoms with Gasteiger partial charge in [0, 0.05) is 6.04 Å². The second-order valence-corrected chi connectivity index (χ2v) is 6.54. The van der Waals surface area contributed by atoms with Crippen molar-refractivity contribution < 1.29 is 4.79 Å². The summed E-state index contributed by atoms with van der Waals surface area (Å²) in [5.74, 6) is 1.36. The van der Waals surface area contributed by atoms with Crippen LogP contribution in [0.5, 0.6) is 0 Å². The van der Waals surface area contributed by atoms with Gasteiger partial charge in [0.15, 0.2) is 0 Å². The van der Waals surface area contributed by atoms with Gasteiger partial charge in [-0.1, -0.05) is 47.5 Å². The van der Waals surface area contributed by atoms with Gasteiger partial charge < -0.3 is 4.90 Å². The average molecular weight is 268 g/mol. The Kier molecular flexibility index (Phi) is 6.31. The number of nitrogens with zero attached hydrogens (tertiary/aromatic N) is 1. The Morgan fingerprint density at radius 2 is 1.84 bits per heavy atom. The molecule has 4 atom stereocenters. The maximum Gasteiger partial charge on any atom is 0.241 e. The first kappa shape index (κ1) is 16.5. The molecule has 0 aromatic heterocycles. The minimum atomic E-state index is 0.0101. The largest absolute Gasteiger partial charge is 0.323 e. The molecular formula is C16H32N2O. The van der Waals surface area contributed by atoms with Crippen molar-refractivity contribution in [3.8, 4) is 0 Å². The van der Waals surface area contributed by atoms with Gasteiger partial charge in [-0.05, 0) is 31.6 Å². The van der Waals surface area contributed by atoms with Gasteiger partial charge in [-0.25, -0.2) is 0 Å². The number of carbonyl (C=O) groups excluding carboxylic acids is 1. The molecular weight excluding hydrogens is 236 g/mol. The Balaban J connectivity index is 2.78. The fourth-order valence-electron chi connectivity index (χ4n) is 3.03. The van der Waals surface area contributed by atoms with E-state index in [0.717, 1.165) is 19.3 Å². The van der Waals surface area contributed by atoms with Gasteiger partial charge in [-0.3, -0.25) is 10.1 Å². The minimum absolute atomic E-state index is 0.0101. The predicted octanol–water partition coefficient (Wildman–Crippen LogP) is 3.39. The van der Waals surface area contributed by atoms with Gasteiger partial charge >= 0.3 is 0 Å². The zero-order valence-corrected chi connectivity index (χ0v) is 13.6. The van der Waals surface area contributed by atoms with Crippen LogP contribution in [0.25, 0.3) is 0 Å². The van der Waals surface area contributed by atoms with Crippen molar-refractivity contribution in [2.75, 3.05) is 0 Å². The molecule has 0 spiro atoms. The normalized spacial score (nSPS) is 27.1. The molecule has 1 amide bonds. The molecule has 1 saturated heterocycles. The van der Waals surface area contributed by atoms with Gasteiger partial charge in [-0.15, -0.1) is 0 Å². The Morgan fingerprint density at radius 1 is 1.21 bits per heavy atom. The zero-order chi connectivity index (χ0) is 14.6. The third kappa shape index (κ3) is 3.95. The third-order valence-electron chi connectivity index (χ3n) is 4.37. The lowest BCUT2D eigenvalue weighted by Gasteiger charge is -2.31. The summed E-state index contributed by atoms with van der Waals surface area (Å²) >= 11 is 0. The summed E-state index contributed by atoms with van der Waals surface area (Å²) in [5.41, 5.74) is 0. The van der Waals surface area contributed by atoms with Crippen molar-refractivity contribution in [1.29, 1.82) is 0 Å². The number of rotatable bonds is 7. The van der Waals surface area contributed by atoms with Crippen LogP contribution in [0.15, 0.2) is 0 Å². The standard InChI is InChI=1S/C16H32N2O/c1-7-9-14-17-15(11(3)4)16(19)18(14)13(6)10-12(5)8-2/h11-15,17H,7-10H2,1-6H3. The summed E-state index contributed by atoms with van der Waals surface area (Å²) in [6.45, 7) is 13.1. The van der Waals surface area contributed by atoms with Crippen LogP contribution in [0, 0.1) is 11.8 Å². The summed E-state index contributed by atoms with van der Waals surface area (Å²) in [7, 11) is 0. The molecule has 0 aromatic carbocycles. The van der Waals surface area contributed by atoms with E-state index in [9.17, 15) is 4.79 Å². The highest BCUT2D eigenvalue weighted by molar-refractivity contribution is 5.84. The zero-order valence-electron chi connectivity index (χ0n) is 13.6. The van der Waals surface area contributed by atoms with Crippen molar-refractivity contribution in [2.45, 2.75) is 85.5 Å². The SMILES string of the molecule is CCCC1NC(C(C)C)C(=O)N1C(C)CC(C)CC. The second kappa shape index (κ2) is 7.28. The van der Waals surface area contributed by atoms with Crippen LogP contribution in [0.1, 0.15) is 67.2 Å². The highest BCUT2D eigenvalue weighted by atomic mass is 16.2. The molecule has 1 aliphatic rings. The van der Waals surface area contributed by atoms with Crippen LogP contribution in [-0.4, -0.2) is 29.1 Å². The van der Waals surface area contributed by atoms with E-state index in [2.05, 4.69) is 51.8 Å². The van der Waals surface area contributed by atoms with E-state index in [1.165, 1.54) is 6.42 Å². The Hall–Kier alpha value is -0.570. The molecule has 19 heavy (non-hydrogen) atoms. The van der Waals surface area contributed by atoms with Gasteiger partial charge in [0.25, 0.3) is 0 Å². The predicted molar refractivity (Wildman–Crippen MR) is 80.8 cm³/mol. The van der Waals surface area contributed by atoms with E-state index in [4.69, 9.17) is 0 Å². The summed E-state index contributed by atoms with van der Waals surface area (Å²) in [4.78, 5) is 14.7. The Morgan fingerprint density at radius 3 is 2.32 bits per heavy atom. The van der Waals surface area contributed by atoms with E-state index in [1.807, 2.05) is 0 Å². The maximum absolute atomic E-state index is 12.6. The Bertz CT molecular complexity index is 290. The summed E-state index contributed by atoms with van der Waals surface area (Å²) in [6.07, 6.45) is 4.70.